The van der Waals surface area contributed by atoms with E-state index in [-0.39, 0.29) is 41.8 Å². The van der Waals surface area contributed by atoms with E-state index in [0.717, 1.165) is 127 Å². The van der Waals surface area contributed by atoms with E-state index in [1.54, 1.807) is 0 Å². The standard InChI is InChI=1S/C52H52N8O3/c61-50(41-27-28-41)57-46(39-11-3-1-4-12-39)51(62)59-31-9-15-44(59)48-53-33-42(55-48)37-23-19-35(20-24-37)17-18-36-21-25-38(26-22-36)43-34-54-49(56-43)45-16-10-32-60(45)52(63)47(58-29-7-8-30-58)40-13-5-2-6-14-40/h1-6,11-14,19-26,33-34,41,44-47H,7-10,15-16,27-32H2,(H,53,55)(H,54,56)(H,57,61). The molecule has 10 rings (SSSR count). The Morgan fingerprint density at radius 3 is 1.57 bits per heavy atom. The van der Waals surface area contributed by atoms with Crippen molar-refractivity contribution in [2.24, 2.45) is 5.92 Å². The van der Waals surface area contributed by atoms with Crippen molar-refractivity contribution in [2.45, 2.75) is 75.5 Å². The fraction of sp³-hybridized carbons (Fsp3) is 0.327. The summed E-state index contributed by atoms with van der Waals surface area (Å²) in [4.78, 5) is 64.0. The molecule has 0 radical (unpaired) electrons. The van der Waals surface area contributed by atoms with Crippen LogP contribution in [0.2, 0.25) is 0 Å². The molecule has 1 saturated carbocycles. The Kier molecular flexibility index (Phi) is 11.5. The molecule has 3 N–H and O–H groups in total. The van der Waals surface area contributed by atoms with Gasteiger partial charge in [0, 0.05) is 30.1 Å². The highest BCUT2D eigenvalue weighted by molar-refractivity contribution is 5.90. The van der Waals surface area contributed by atoms with E-state index in [9.17, 15) is 14.4 Å². The normalized spacial score (nSPS) is 19.7. The molecule has 0 spiro atoms. The SMILES string of the molecule is O=C(NC(C(=O)N1CCCC1c1ncc(-c2ccc(C#Cc3ccc(-c4cnc(C5CCCN5C(=O)C(c5ccccc5)N5CCCC5)[nH]4)cc3)cc2)[nH]1)c1ccccc1)C1CC1. The third-order valence-corrected chi connectivity index (χ3v) is 13.1. The highest BCUT2D eigenvalue weighted by Gasteiger charge is 2.41. The van der Waals surface area contributed by atoms with Crippen molar-refractivity contribution in [1.29, 1.82) is 0 Å². The van der Waals surface area contributed by atoms with Gasteiger partial charge < -0.3 is 25.1 Å². The summed E-state index contributed by atoms with van der Waals surface area (Å²) in [5.41, 5.74) is 7.42. The zero-order chi connectivity index (χ0) is 42.7. The van der Waals surface area contributed by atoms with Gasteiger partial charge in [0.2, 0.25) is 17.7 Å². The molecule has 4 fully saturated rings. The molecule has 4 atom stereocenters. The second-order valence-electron chi connectivity index (χ2n) is 17.3. The van der Waals surface area contributed by atoms with Crippen LogP contribution in [0.1, 0.15) is 109 Å². The molecule has 11 nitrogen and oxygen atoms in total. The molecule has 11 heteroatoms. The van der Waals surface area contributed by atoms with Gasteiger partial charge in [0.15, 0.2) is 0 Å². The Labute approximate surface area is 368 Å². The number of rotatable bonds is 11. The van der Waals surface area contributed by atoms with Crippen LogP contribution >= 0.6 is 0 Å². The molecule has 5 heterocycles. The zero-order valence-corrected chi connectivity index (χ0v) is 35.4. The van der Waals surface area contributed by atoms with Crippen LogP contribution in [-0.4, -0.2) is 78.5 Å². The van der Waals surface area contributed by atoms with Crippen LogP contribution in [0.3, 0.4) is 0 Å². The number of likely N-dealkylation sites (tertiary alicyclic amines) is 3. The zero-order valence-electron chi connectivity index (χ0n) is 35.4. The summed E-state index contributed by atoms with van der Waals surface area (Å²) in [5, 5.41) is 3.05. The van der Waals surface area contributed by atoms with Crippen molar-refractivity contribution in [3.8, 4) is 34.4 Å². The number of imidazole rings is 2. The van der Waals surface area contributed by atoms with Crippen molar-refractivity contribution >= 4 is 17.7 Å². The molecule has 4 aliphatic rings. The monoisotopic (exact) mass is 836 g/mol. The molecule has 3 aliphatic heterocycles. The highest BCUT2D eigenvalue weighted by atomic mass is 16.2. The number of aromatic nitrogens is 4. The van der Waals surface area contributed by atoms with E-state index in [1.165, 1.54) is 0 Å². The van der Waals surface area contributed by atoms with Crippen LogP contribution in [0.15, 0.2) is 122 Å². The fourth-order valence-electron chi connectivity index (χ4n) is 9.55. The Morgan fingerprint density at radius 2 is 1.06 bits per heavy atom. The first-order valence-corrected chi connectivity index (χ1v) is 22.5. The largest absolute Gasteiger partial charge is 0.340 e. The van der Waals surface area contributed by atoms with Gasteiger partial charge in [-0.2, -0.15) is 0 Å². The number of carbonyl (C=O) groups excluding carboxylic acids is 3. The third-order valence-electron chi connectivity index (χ3n) is 13.1. The molecule has 4 aromatic carbocycles. The lowest BCUT2D eigenvalue weighted by Gasteiger charge is -2.33. The van der Waals surface area contributed by atoms with E-state index in [0.29, 0.717) is 6.54 Å². The summed E-state index contributed by atoms with van der Waals surface area (Å²) in [5.74, 6) is 8.21. The first-order valence-electron chi connectivity index (χ1n) is 22.5. The number of hydrogen-bond donors (Lipinski definition) is 3. The van der Waals surface area contributed by atoms with Crippen molar-refractivity contribution in [3.63, 3.8) is 0 Å². The summed E-state index contributed by atoms with van der Waals surface area (Å²) >= 11 is 0. The minimum atomic E-state index is -0.725. The predicted octanol–water partition coefficient (Wildman–Crippen LogP) is 8.30. The maximum absolute atomic E-state index is 14.2. The predicted molar refractivity (Wildman–Crippen MR) is 241 cm³/mol. The van der Waals surface area contributed by atoms with Gasteiger partial charge >= 0.3 is 0 Å². The molecular formula is C52H52N8O3. The van der Waals surface area contributed by atoms with Crippen LogP contribution in [0.5, 0.6) is 0 Å². The maximum Gasteiger partial charge on any atom is 0.250 e. The van der Waals surface area contributed by atoms with Crippen LogP contribution in [0.4, 0.5) is 0 Å². The topological polar surface area (TPSA) is 130 Å². The molecule has 63 heavy (non-hydrogen) atoms. The summed E-state index contributed by atoms with van der Waals surface area (Å²) in [6, 6.07) is 34.7. The summed E-state index contributed by atoms with van der Waals surface area (Å²) < 4.78 is 0. The number of aromatic amines is 2. The average molecular weight is 837 g/mol. The molecule has 6 aromatic rings. The molecule has 1 aliphatic carbocycles. The molecular weight excluding hydrogens is 785 g/mol. The van der Waals surface area contributed by atoms with Crippen molar-refractivity contribution in [1.82, 2.24) is 40.0 Å². The first kappa shape index (κ1) is 40.3. The van der Waals surface area contributed by atoms with Crippen LogP contribution < -0.4 is 5.32 Å². The van der Waals surface area contributed by atoms with E-state index in [4.69, 9.17) is 9.97 Å². The quantitative estimate of drug-likeness (QED) is 0.113. The second-order valence-corrected chi connectivity index (χ2v) is 17.3. The number of benzene rings is 4. The fourth-order valence-corrected chi connectivity index (χ4v) is 9.55. The number of carbonyl (C=O) groups is 3. The van der Waals surface area contributed by atoms with Gasteiger partial charge in [0.05, 0.1) is 35.9 Å². The van der Waals surface area contributed by atoms with E-state index < -0.39 is 6.04 Å². The lowest BCUT2D eigenvalue weighted by atomic mass is 10.0. The van der Waals surface area contributed by atoms with Gasteiger partial charge in [-0.15, -0.1) is 0 Å². The molecule has 3 amide bonds. The number of nitrogens with zero attached hydrogens (tertiary/aromatic N) is 5. The van der Waals surface area contributed by atoms with Gasteiger partial charge in [-0.05, 0) is 111 Å². The lowest BCUT2D eigenvalue weighted by molar-refractivity contribution is -0.138. The molecule has 4 unspecified atom stereocenters. The van der Waals surface area contributed by atoms with Gasteiger partial charge in [0.25, 0.3) is 0 Å². The van der Waals surface area contributed by atoms with E-state index in [2.05, 4.69) is 56.3 Å². The lowest BCUT2D eigenvalue weighted by Crippen LogP contribution is -2.43. The summed E-state index contributed by atoms with van der Waals surface area (Å²) in [6.45, 7) is 3.24. The van der Waals surface area contributed by atoms with Crippen LogP contribution in [0.25, 0.3) is 22.5 Å². The Bertz CT molecular complexity index is 2620. The van der Waals surface area contributed by atoms with Crippen LogP contribution in [-0.2, 0) is 14.4 Å². The molecule has 318 valence electrons. The summed E-state index contributed by atoms with van der Waals surface area (Å²) in [7, 11) is 0. The minimum Gasteiger partial charge on any atom is -0.340 e. The number of H-pyrrole nitrogens is 2. The first-order chi connectivity index (χ1) is 31.0. The summed E-state index contributed by atoms with van der Waals surface area (Å²) in [6.07, 6.45) is 11.2. The second kappa shape index (κ2) is 17.9. The maximum atomic E-state index is 14.2. The Balaban J connectivity index is 0.777. The van der Waals surface area contributed by atoms with Crippen LogP contribution in [0, 0.1) is 17.8 Å². The van der Waals surface area contributed by atoms with Crippen molar-refractivity contribution < 1.29 is 14.4 Å². The van der Waals surface area contributed by atoms with E-state index in [1.807, 2.05) is 107 Å². The van der Waals surface area contributed by atoms with E-state index >= 15 is 0 Å². The number of amides is 3. The van der Waals surface area contributed by atoms with Gasteiger partial charge in [-0.3, -0.25) is 19.3 Å². The molecule has 0 bridgehead atoms. The van der Waals surface area contributed by atoms with Gasteiger partial charge in [-0.25, -0.2) is 9.97 Å². The third kappa shape index (κ3) is 8.69. The average Bonchev–Trinajstić information content (AvgIpc) is 3.98. The Hall–Kier alpha value is -6.77. The van der Waals surface area contributed by atoms with Gasteiger partial charge in [0.1, 0.15) is 23.7 Å². The number of hydrogen-bond acceptors (Lipinski definition) is 6. The van der Waals surface area contributed by atoms with Crippen molar-refractivity contribution in [3.05, 3.63) is 155 Å². The molecule has 2 aromatic heterocycles. The van der Waals surface area contributed by atoms with Gasteiger partial charge in [-0.1, -0.05) is 96.8 Å². The molecule has 3 saturated heterocycles. The highest BCUT2D eigenvalue weighted by Crippen LogP contribution is 2.38. The Morgan fingerprint density at radius 1 is 0.571 bits per heavy atom. The smallest absolute Gasteiger partial charge is 0.250 e. The number of nitrogens with one attached hydrogen (secondary N) is 3. The van der Waals surface area contributed by atoms with Crippen molar-refractivity contribution in [2.75, 3.05) is 26.2 Å². The minimum absolute atomic E-state index is 0.00599.